The zero-order valence-corrected chi connectivity index (χ0v) is 14.8. The summed E-state index contributed by atoms with van der Waals surface area (Å²) in [6.07, 6.45) is 6.57. The first-order valence-corrected chi connectivity index (χ1v) is 9.19. The number of rotatable bonds is 6. The van der Waals surface area contributed by atoms with Gasteiger partial charge in [0.2, 0.25) is 5.91 Å². The number of nitrogens with one attached hydrogen (secondary N) is 2. The smallest absolute Gasteiger partial charge is 0.221 e. The lowest BCUT2D eigenvalue weighted by Gasteiger charge is -2.28. The zero-order chi connectivity index (χ0) is 17.5. The quantitative estimate of drug-likeness (QED) is 0.850. The third-order valence-electron chi connectivity index (χ3n) is 5.10. The topological polar surface area (TPSA) is 54.0 Å². The Morgan fingerprint density at radius 1 is 1.24 bits per heavy atom. The van der Waals surface area contributed by atoms with Crippen molar-refractivity contribution in [1.82, 2.24) is 15.6 Å². The number of amides is 1. The highest BCUT2D eigenvalue weighted by Crippen LogP contribution is 2.25. The molecule has 1 aliphatic heterocycles. The van der Waals surface area contributed by atoms with Crippen LogP contribution in [0.15, 0.2) is 54.9 Å². The van der Waals surface area contributed by atoms with Crippen LogP contribution in [0.25, 0.3) is 0 Å². The zero-order valence-electron chi connectivity index (χ0n) is 14.8. The fraction of sp³-hybridized carbons (Fsp3) is 0.429. The van der Waals surface area contributed by atoms with E-state index in [4.69, 9.17) is 0 Å². The molecule has 1 aliphatic rings. The van der Waals surface area contributed by atoms with Crippen LogP contribution in [0.2, 0.25) is 0 Å². The molecule has 3 unspecified atom stereocenters. The highest BCUT2D eigenvalue weighted by atomic mass is 16.1. The molecule has 25 heavy (non-hydrogen) atoms. The standard InChI is InChI=1S/C21H27N3O/c1-16(18-9-5-11-22-14-18)13-20(25)24-21(17-7-3-2-4-8-17)19-10-6-12-23-15-19/h2-4,6-8,10,12,15-16,18,21-22H,5,9,11,13-14H2,1H3,(H,24,25). The number of hydrogen-bond donors (Lipinski definition) is 2. The molecule has 1 saturated heterocycles. The van der Waals surface area contributed by atoms with Crippen molar-refractivity contribution in [3.63, 3.8) is 0 Å². The van der Waals surface area contributed by atoms with Crippen LogP contribution in [0, 0.1) is 11.8 Å². The molecular formula is C21H27N3O. The number of benzene rings is 1. The molecular weight excluding hydrogens is 310 g/mol. The van der Waals surface area contributed by atoms with Gasteiger partial charge in [0, 0.05) is 18.8 Å². The van der Waals surface area contributed by atoms with Crippen molar-refractivity contribution < 1.29 is 4.79 Å². The summed E-state index contributed by atoms with van der Waals surface area (Å²) in [7, 11) is 0. The summed E-state index contributed by atoms with van der Waals surface area (Å²) < 4.78 is 0. The lowest BCUT2D eigenvalue weighted by molar-refractivity contribution is -0.122. The average Bonchev–Trinajstić information content (AvgIpc) is 2.68. The maximum Gasteiger partial charge on any atom is 0.221 e. The second-order valence-corrected chi connectivity index (χ2v) is 6.99. The average molecular weight is 337 g/mol. The Bertz CT molecular complexity index is 614. The molecule has 0 saturated carbocycles. The molecule has 1 fully saturated rings. The Hall–Kier alpha value is -2.20. The normalized spacial score (nSPS) is 19.8. The van der Waals surface area contributed by atoms with Gasteiger partial charge in [-0.1, -0.05) is 43.3 Å². The SMILES string of the molecule is CC(CC(=O)NC(c1ccccc1)c1cccnc1)C1CCCNC1. The molecule has 3 atom stereocenters. The van der Waals surface area contributed by atoms with Crippen molar-refractivity contribution in [3.05, 3.63) is 66.0 Å². The summed E-state index contributed by atoms with van der Waals surface area (Å²) in [5, 5.41) is 6.66. The van der Waals surface area contributed by atoms with Gasteiger partial charge in [0.25, 0.3) is 0 Å². The minimum absolute atomic E-state index is 0.107. The van der Waals surface area contributed by atoms with E-state index in [0.29, 0.717) is 18.3 Å². The molecule has 0 aliphatic carbocycles. The second-order valence-electron chi connectivity index (χ2n) is 6.99. The Morgan fingerprint density at radius 2 is 2.04 bits per heavy atom. The van der Waals surface area contributed by atoms with Gasteiger partial charge in [-0.05, 0) is 55.0 Å². The summed E-state index contributed by atoms with van der Waals surface area (Å²) in [6.45, 7) is 4.32. The molecule has 132 valence electrons. The third-order valence-corrected chi connectivity index (χ3v) is 5.10. The number of hydrogen-bond acceptors (Lipinski definition) is 3. The molecule has 1 aromatic carbocycles. The van der Waals surface area contributed by atoms with Gasteiger partial charge in [-0.2, -0.15) is 0 Å². The van der Waals surface area contributed by atoms with Gasteiger partial charge in [0.15, 0.2) is 0 Å². The maximum absolute atomic E-state index is 12.7. The molecule has 2 aromatic rings. The first kappa shape index (κ1) is 17.6. The number of piperidine rings is 1. The minimum atomic E-state index is -0.154. The molecule has 1 aromatic heterocycles. The summed E-state index contributed by atoms with van der Waals surface area (Å²) in [4.78, 5) is 16.9. The molecule has 1 amide bonds. The summed E-state index contributed by atoms with van der Waals surface area (Å²) in [5.41, 5.74) is 2.09. The van der Waals surface area contributed by atoms with E-state index in [-0.39, 0.29) is 11.9 Å². The van der Waals surface area contributed by atoms with Gasteiger partial charge in [-0.15, -0.1) is 0 Å². The molecule has 0 bridgehead atoms. The Labute approximate surface area is 150 Å². The van der Waals surface area contributed by atoms with E-state index < -0.39 is 0 Å². The summed E-state index contributed by atoms with van der Waals surface area (Å²) in [5.74, 6) is 1.09. The van der Waals surface area contributed by atoms with Crippen LogP contribution in [0.5, 0.6) is 0 Å². The van der Waals surface area contributed by atoms with E-state index in [9.17, 15) is 4.79 Å². The largest absolute Gasteiger partial charge is 0.345 e. The fourth-order valence-electron chi connectivity index (χ4n) is 3.59. The third kappa shape index (κ3) is 4.89. The van der Waals surface area contributed by atoms with Crippen LogP contribution in [-0.2, 0) is 4.79 Å². The van der Waals surface area contributed by atoms with E-state index in [2.05, 4.69) is 22.5 Å². The molecule has 2 N–H and O–H groups in total. The van der Waals surface area contributed by atoms with E-state index in [1.54, 1.807) is 6.20 Å². The molecule has 2 heterocycles. The second kappa shape index (κ2) is 8.77. The maximum atomic E-state index is 12.7. The summed E-state index contributed by atoms with van der Waals surface area (Å²) in [6, 6.07) is 13.9. The van der Waals surface area contributed by atoms with E-state index in [1.165, 1.54) is 12.8 Å². The lowest BCUT2D eigenvalue weighted by Crippen LogP contribution is -2.36. The lowest BCUT2D eigenvalue weighted by atomic mass is 9.85. The van der Waals surface area contributed by atoms with Crippen molar-refractivity contribution in [2.24, 2.45) is 11.8 Å². The number of aromatic nitrogens is 1. The highest BCUT2D eigenvalue weighted by molar-refractivity contribution is 5.77. The van der Waals surface area contributed by atoms with Crippen LogP contribution in [0.3, 0.4) is 0 Å². The Kier molecular flexibility index (Phi) is 6.18. The van der Waals surface area contributed by atoms with Crippen LogP contribution in [0.4, 0.5) is 0 Å². The van der Waals surface area contributed by atoms with Crippen molar-refractivity contribution in [2.75, 3.05) is 13.1 Å². The van der Waals surface area contributed by atoms with Gasteiger partial charge >= 0.3 is 0 Å². The number of pyridine rings is 1. The van der Waals surface area contributed by atoms with Gasteiger partial charge in [-0.3, -0.25) is 9.78 Å². The predicted molar refractivity (Wildman–Crippen MR) is 100 cm³/mol. The van der Waals surface area contributed by atoms with E-state index in [1.807, 2.05) is 48.7 Å². The van der Waals surface area contributed by atoms with Crippen molar-refractivity contribution in [3.8, 4) is 0 Å². The van der Waals surface area contributed by atoms with Crippen LogP contribution in [-0.4, -0.2) is 24.0 Å². The Balaban J connectivity index is 1.68. The van der Waals surface area contributed by atoms with Crippen molar-refractivity contribution in [2.45, 2.75) is 32.2 Å². The summed E-state index contributed by atoms with van der Waals surface area (Å²) >= 11 is 0. The van der Waals surface area contributed by atoms with Crippen LogP contribution >= 0.6 is 0 Å². The molecule has 4 heteroatoms. The fourth-order valence-corrected chi connectivity index (χ4v) is 3.59. The molecule has 0 spiro atoms. The minimum Gasteiger partial charge on any atom is -0.345 e. The monoisotopic (exact) mass is 337 g/mol. The van der Waals surface area contributed by atoms with Gasteiger partial charge in [-0.25, -0.2) is 0 Å². The van der Waals surface area contributed by atoms with Gasteiger partial charge in [0.1, 0.15) is 0 Å². The first-order valence-electron chi connectivity index (χ1n) is 9.19. The van der Waals surface area contributed by atoms with Gasteiger partial charge < -0.3 is 10.6 Å². The van der Waals surface area contributed by atoms with Crippen molar-refractivity contribution >= 4 is 5.91 Å². The number of carbonyl (C=O) groups excluding carboxylic acids is 1. The Morgan fingerprint density at radius 3 is 2.72 bits per heavy atom. The highest BCUT2D eigenvalue weighted by Gasteiger charge is 2.24. The molecule has 4 nitrogen and oxygen atoms in total. The van der Waals surface area contributed by atoms with Crippen molar-refractivity contribution in [1.29, 1.82) is 0 Å². The molecule has 0 radical (unpaired) electrons. The van der Waals surface area contributed by atoms with Crippen LogP contribution in [0.1, 0.15) is 43.4 Å². The van der Waals surface area contributed by atoms with E-state index in [0.717, 1.165) is 24.2 Å². The number of carbonyl (C=O) groups is 1. The van der Waals surface area contributed by atoms with E-state index >= 15 is 0 Å². The first-order chi connectivity index (χ1) is 12.2. The number of nitrogens with zero attached hydrogens (tertiary/aromatic N) is 1. The predicted octanol–water partition coefficient (Wildman–Crippen LogP) is 3.31. The van der Waals surface area contributed by atoms with Crippen LogP contribution < -0.4 is 10.6 Å². The van der Waals surface area contributed by atoms with Gasteiger partial charge in [0.05, 0.1) is 6.04 Å². The molecule has 3 rings (SSSR count).